The van der Waals surface area contributed by atoms with Crippen molar-refractivity contribution in [1.29, 1.82) is 0 Å². The van der Waals surface area contributed by atoms with Crippen LogP contribution in [0.2, 0.25) is 0 Å². The molecule has 3 N–H and O–H groups in total. The molecule has 0 saturated heterocycles. The van der Waals surface area contributed by atoms with E-state index in [4.69, 9.17) is 9.47 Å². The van der Waals surface area contributed by atoms with Gasteiger partial charge in [0.2, 0.25) is 0 Å². The lowest BCUT2D eigenvalue weighted by Crippen LogP contribution is -2.53. The van der Waals surface area contributed by atoms with Gasteiger partial charge in [0.25, 0.3) is 0 Å². The zero-order chi connectivity index (χ0) is 17.6. The maximum Gasteiger partial charge on any atom is 0.408 e. The highest BCUT2D eigenvalue weighted by Crippen LogP contribution is 2.25. The number of alkyl halides is 3. The first kappa shape index (κ1) is 18.0. The molecule has 0 spiro atoms. The van der Waals surface area contributed by atoms with Crippen molar-refractivity contribution in [1.82, 2.24) is 10.6 Å². The second-order valence-electron chi connectivity index (χ2n) is 5.21. The van der Waals surface area contributed by atoms with Crippen LogP contribution in [0.4, 0.5) is 18.9 Å². The summed E-state index contributed by atoms with van der Waals surface area (Å²) in [5, 5.41) is 8.39. The minimum absolute atomic E-state index is 0.0451. The first-order valence-corrected chi connectivity index (χ1v) is 7.51. The Morgan fingerprint density at radius 1 is 1.12 bits per heavy atom. The fourth-order valence-corrected chi connectivity index (χ4v) is 2.24. The van der Waals surface area contributed by atoms with Gasteiger partial charge in [0.15, 0.2) is 5.96 Å². The van der Waals surface area contributed by atoms with E-state index in [1.807, 2.05) is 0 Å². The Morgan fingerprint density at radius 2 is 1.75 bits per heavy atom. The SMILES string of the molecule is COc1cc(NCCNC2=NCCC(C(F)(F)F)N2)cc(OC)c1. The van der Waals surface area contributed by atoms with Gasteiger partial charge in [0.1, 0.15) is 17.5 Å². The van der Waals surface area contributed by atoms with Crippen LogP contribution in [0.1, 0.15) is 6.42 Å². The van der Waals surface area contributed by atoms with Crippen molar-refractivity contribution in [2.45, 2.75) is 18.6 Å². The monoisotopic (exact) mass is 346 g/mol. The van der Waals surface area contributed by atoms with E-state index in [-0.39, 0.29) is 18.9 Å². The topological polar surface area (TPSA) is 66.9 Å². The first-order valence-electron chi connectivity index (χ1n) is 7.51. The number of methoxy groups -OCH3 is 2. The van der Waals surface area contributed by atoms with E-state index in [0.29, 0.717) is 24.6 Å². The van der Waals surface area contributed by atoms with Crippen molar-refractivity contribution < 1.29 is 22.6 Å². The van der Waals surface area contributed by atoms with Gasteiger partial charge in [-0.25, -0.2) is 0 Å². The molecule has 0 amide bonds. The quantitative estimate of drug-likeness (QED) is 0.688. The van der Waals surface area contributed by atoms with Crippen molar-refractivity contribution >= 4 is 11.6 Å². The van der Waals surface area contributed by atoms with Crippen LogP contribution in [0.5, 0.6) is 11.5 Å². The number of aliphatic imine (C=N–C) groups is 1. The number of hydrogen-bond acceptors (Lipinski definition) is 6. The van der Waals surface area contributed by atoms with Crippen molar-refractivity contribution in [3.05, 3.63) is 18.2 Å². The minimum atomic E-state index is -4.27. The smallest absolute Gasteiger partial charge is 0.408 e. The molecule has 6 nitrogen and oxygen atoms in total. The summed E-state index contributed by atoms with van der Waals surface area (Å²) in [6.07, 6.45) is -4.31. The van der Waals surface area contributed by atoms with Crippen molar-refractivity contribution in [2.75, 3.05) is 39.2 Å². The second-order valence-corrected chi connectivity index (χ2v) is 5.21. The van der Waals surface area contributed by atoms with Gasteiger partial charge in [-0.2, -0.15) is 13.2 Å². The summed E-state index contributed by atoms with van der Waals surface area (Å²) in [5.41, 5.74) is 0.791. The van der Waals surface area contributed by atoms with E-state index < -0.39 is 12.2 Å². The van der Waals surface area contributed by atoms with Crippen molar-refractivity contribution in [3.8, 4) is 11.5 Å². The molecule has 0 radical (unpaired) electrons. The van der Waals surface area contributed by atoms with Gasteiger partial charge in [0, 0.05) is 43.5 Å². The molecule has 1 aromatic carbocycles. The Balaban J connectivity index is 1.80. The fraction of sp³-hybridized carbons (Fsp3) is 0.533. The third-order valence-corrected chi connectivity index (χ3v) is 3.49. The lowest BCUT2D eigenvalue weighted by Gasteiger charge is -2.27. The molecule has 9 heteroatoms. The Morgan fingerprint density at radius 3 is 2.33 bits per heavy atom. The molecule has 1 unspecified atom stereocenters. The van der Waals surface area contributed by atoms with E-state index in [0.717, 1.165) is 5.69 Å². The molecule has 0 saturated carbocycles. The molecule has 1 atom stereocenters. The van der Waals surface area contributed by atoms with E-state index in [9.17, 15) is 13.2 Å². The predicted octanol–water partition coefficient (Wildman–Crippen LogP) is 1.99. The predicted molar refractivity (Wildman–Crippen MR) is 85.9 cm³/mol. The average Bonchev–Trinajstić information content (AvgIpc) is 2.58. The van der Waals surface area contributed by atoms with Crippen LogP contribution in [0.15, 0.2) is 23.2 Å². The molecule has 0 aliphatic carbocycles. The van der Waals surface area contributed by atoms with Crippen molar-refractivity contribution in [3.63, 3.8) is 0 Å². The molecule has 134 valence electrons. The third-order valence-electron chi connectivity index (χ3n) is 3.49. The molecule has 1 heterocycles. The summed E-state index contributed by atoms with van der Waals surface area (Å²) in [6.45, 7) is 1.06. The average molecular weight is 346 g/mol. The largest absolute Gasteiger partial charge is 0.497 e. The van der Waals surface area contributed by atoms with E-state index in [1.165, 1.54) is 0 Å². The molecule has 24 heavy (non-hydrogen) atoms. The number of hydrogen-bond donors (Lipinski definition) is 3. The summed E-state index contributed by atoms with van der Waals surface area (Å²) < 4.78 is 48.4. The van der Waals surface area contributed by atoms with Crippen LogP contribution in [-0.2, 0) is 0 Å². The number of nitrogens with zero attached hydrogens (tertiary/aromatic N) is 1. The molecular weight excluding hydrogens is 325 g/mol. The number of ether oxygens (including phenoxy) is 2. The third kappa shape index (κ3) is 5.10. The van der Waals surface area contributed by atoms with Gasteiger partial charge < -0.3 is 25.4 Å². The van der Waals surface area contributed by atoms with E-state index in [2.05, 4.69) is 20.9 Å². The minimum Gasteiger partial charge on any atom is -0.497 e. The molecule has 0 fully saturated rings. The zero-order valence-corrected chi connectivity index (χ0v) is 13.5. The van der Waals surface area contributed by atoms with Crippen LogP contribution in [0.25, 0.3) is 0 Å². The summed E-state index contributed by atoms with van der Waals surface area (Å²) in [5.74, 6) is 1.47. The van der Waals surface area contributed by atoms with Gasteiger partial charge in [-0.05, 0) is 6.42 Å². The maximum absolute atomic E-state index is 12.7. The highest BCUT2D eigenvalue weighted by molar-refractivity contribution is 5.80. The zero-order valence-electron chi connectivity index (χ0n) is 13.5. The molecule has 2 rings (SSSR count). The van der Waals surface area contributed by atoms with Crippen LogP contribution < -0.4 is 25.4 Å². The maximum atomic E-state index is 12.7. The van der Waals surface area contributed by atoms with Crippen molar-refractivity contribution in [2.24, 2.45) is 4.99 Å². The number of nitrogens with one attached hydrogen (secondary N) is 3. The van der Waals surface area contributed by atoms with Gasteiger partial charge >= 0.3 is 6.18 Å². The standard InChI is InChI=1S/C15H21F3N4O2/c1-23-11-7-10(8-12(9-11)24-2)19-5-6-21-14-20-4-3-13(22-14)15(16,17)18/h7-9,13,19H,3-6H2,1-2H3,(H2,20,21,22). The normalized spacial score (nSPS) is 17.5. The number of rotatable bonds is 6. The molecule has 1 aliphatic rings. The Labute approximate surface area is 138 Å². The lowest BCUT2D eigenvalue weighted by molar-refractivity contribution is -0.153. The van der Waals surface area contributed by atoms with E-state index >= 15 is 0 Å². The first-order chi connectivity index (χ1) is 11.4. The summed E-state index contributed by atoms with van der Waals surface area (Å²) in [7, 11) is 3.12. The van der Waals surface area contributed by atoms with Gasteiger partial charge in [-0.15, -0.1) is 0 Å². The molecule has 0 aromatic heterocycles. The van der Waals surface area contributed by atoms with Crippen LogP contribution in [0, 0.1) is 0 Å². The molecule has 1 aromatic rings. The summed E-state index contributed by atoms with van der Waals surface area (Å²) in [4.78, 5) is 4.02. The second kappa shape index (κ2) is 7.98. The van der Waals surface area contributed by atoms with Gasteiger partial charge in [-0.3, -0.25) is 4.99 Å². The molecular formula is C15H21F3N4O2. The van der Waals surface area contributed by atoms with Crippen LogP contribution in [0.3, 0.4) is 0 Å². The lowest BCUT2D eigenvalue weighted by atomic mass is 10.2. The fourth-order valence-electron chi connectivity index (χ4n) is 2.24. The Hall–Kier alpha value is -2.32. The highest BCUT2D eigenvalue weighted by atomic mass is 19.4. The Kier molecular flexibility index (Phi) is 5.99. The highest BCUT2D eigenvalue weighted by Gasteiger charge is 2.40. The number of benzene rings is 1. The van der Waals surface area contributed by atoms with E-state index in [1.54, 1.807) is 32.4 Å². The Bertz CT molecular complexity index is 556. The summed E-state index contributed by atoms with van der Waals surface area (Å²) >= 11 is 0. The molecule has 1 aliphatic heterocycles. The number of anilines is 1. The summed E-state index contributed by atoms with van der Waals surface area (Å²) in [6, 6.07) is 3.81. The van der Waals surface area contributed by atoms with Crippen LogP contribution >= 0.6 is 0 Å². The van der Waals surface area contributed by atoms with Gasteiger partial charge in [0.05, 0.1) is 14.2 Å². The number of guanidine groups is 1. The molecule has 0 bridgehead atoms. The van der Waals surface area contributed by atoms with Gasteiger partial charge in [-0.1, -0.05) is 0 Å². The number of halogens is 3. The van der Waals surface area contributed by atoms with Crippen LogP contribution in [-0.4, -0.2) is 52.0 Å².